The summed E-state index contributed by atoms with van der Waals surface area (Å²) in [7, 11) is 2.14. The van der Waals surface area contributed by atoms with Crippen molar-refractivity contribution in [2.24, 2.45) is 7.05 Å². The van der Waals surface area contributed by atoms with Gasteiger partial charge in [-0.15, -0.1) is 0 Å². The summed E-state index contributed by atoms with van der Waals surface area (Å²) in [5.41, 5.74) is 0.671. The quantitative estimate of drug-likeness (QED) is 0.597. The Morgan fingerprint density at radius 1 is 1.27 bits per heavy atom. The molecule has 122 valence electrons. The number of halogens is 1. The molecule has 0 unspecified atom stereocenters. The van der Waals surface area contributed by atoms with Gasteiger partial charge in [0.05, 0.1) is 23.0 Å². The Kier molecular flexibility index (Phi) is 5.04. The number of benzene rings is 1. The molecule has 1 aromatic carbocycles. The number of nitrogens with zero attached hydrogens (tertiary/aromatic N) is 2. The molecule has 0 spiro atoms. The van der Waals surface area contributed by atoms with Gasteiger partial charge in [0.15, 0.2) is 0 Å². The molecule has 22 heavy (non-hydrogen) atoms. The molecule has 2 aromatic rings. The van der Waals surface area contributed by atoms with Gasteiger partial charge in [-0.2, -0.15) is 0 Å². The maximum atomic E-state index is 12.3. The van der Waals surface area contributed by atoms with Crippen molar-refractivity contribution < 1.29 is 9.47 Å². The van der Waals surface area contributed by atoms with Crippen LogP contribution in [-0.2, 0) is 18.5 Å². The van der Waals surface area contributed by atoms with Gasteiger partial charge < -0.3 is 9.47 Å². The van der Waals surface area contributed by atoms with Crippen molar-refractivity contribution >= 4 is 30.6 Å². The van der Waals surface area contributed by atoms with Gasteiger partial charge in [0.25, 0.3) is 5.56 Å². The Morgan fingerprint density at radius 2 is 1.95 bits per heavy atom. The highest BCUT2D eigenvalue weighted by atomic mass is 35.5. The van der Waals surface area contributed by atoms with E-state index in [4.69, 9.17) is 21.1 Å². The third-order valence-electron chi connectivity index (χ3n) is 3.64. The molecule has 0 bridgehead atoms. The van der Waals surface area contributed by atoms with Crippen molar-refractivity contribution in [1.82, 2.24) is 9.36 Å². The van der Waals surface area contributed by atoms with Crippen LogP contribution in [0.15, 0.2) is 16.9 Å². The highest BCUT2D eigenvalue weighted by Gasteiger charge is 2.15. The summed E-state index contributed by atoms with van der Waals surface area (Å²) in [6.07, 6.45) is 0. The summed E-state index contributed by atoms with van der Waals surface area (Å²) in [4.78, 5) is 12.3. The lowest BCUT2D eigenvalue weighted by molar-refractivity contribution is 0.0736. The lowest BCUT2D eigenvalue weighted by Crippen LogP contribution is -2.24. The first kappa shape index (κ1) is 17.1. The van der Waals surface area contributed by atoms with Crippen LogP contribution < -0.4 is 10.3 Å². The van der Waals surface area contributed by atoms with Gasteiger partial charge in [-0.3, -0.25) is 14.2 Å². The fourth-order valence-electron chi connectivity index (χ4n) is 2.22. The summed E-state index contributed by atoms with van der Waals surface area (Å²) in [5.74, 6) is 0.503. The number of rotatable bonds is 6. The van der Waals surface area contributed by atoms with Crippen LogP contribution in [0.1, 0.15) is 0 Å². The molecule has 0 N–H and O–H groups in total. The monoisotopic (exact) mass is 342 g/mol. The highest BCUT2D eigenvalue weighted by molar-refractivity contribution is 6.76. The highest BCUT2D eigenvalue weighted by Crippen LogP contribution is 2.28. The number of ether oxygens (including phenoxy) is 2. The number of aromatic nitrogens is 2. The summed E-state index contributed by atoms with van der Waals surface area (Å²) in [6.45, 7) is 7.96. The minimum Gasteiger partial charge on any atom is -0.495 e. The number of fused-ring (bicyclic) bond motifs is 1. The van der Waals surface area contributed by atoms with Crippen LogP contribution in [-0.4, -0.2) is 31.2 Å². The van der Waals surface area contributed by atoms with E-state index in [1.165, 1.54) is 7.11 Å². The molecule has 0 radical (unpaired) electrons. The first-order valence-electron chi connectivity index (χ1n) is 7.25. The molecule has 5 nitrogen and oxygen atoms in total. The molecule has 1 heterocycles. The third-order valence-corrected chi connectivity index (χ3v) is 5.64. The second-order valence-corrected chi connectivity index (χ2v) is 12.6. The van der Waals surface area contributed by atoms with Gasteiger partial charge in [0, 0.05) is 21.7 Å². The van der Waals surface area contributed by atoms with E-state index in [9.17, 15) is 4.79 Å². The molecule has 0 aliphatic rings. The van der Waals surface area contributed by atoms with Crippen molar-refractivity contribution in [1.29, 1.82) is 0 Å². The van der Waals surface area contributed by atoms with Gasteiger partial charge in [0.2, 0.25) is 0 Å². The molecule has 0 amide bonds. The minimum atomic E-state index is -1.12. The maximum Gasteiger partial charge on any atom is 0.274 e. The molecular formula is C15H23ClN2O3Si. The van der Waals surface area contributed by atoms with E-state index >= 15 is 0 Å². The van der Waals surface area contributed by atoms with Gasteiger partial charge in [-0.25, -0.2) is 0 Å². The molecule has 7 heteroatoms. The zero-order valence-corrected chi connectivity index (χ0v) is 15.5. The van der Waals surface area contributed by atoms with Crippen molar-refractivity contribution in [3.63, 3.8) is 0 Å². The maximum absolute atomic E-state index is 12.3. The van der Waals surface area contributed by atoms with E-state index in [0.29, 0.717) is 29.5 Å². The van der Waals surface area contributed by atoms with Gasteiger partial charge in [-0.1, -0.05) is 31.2 Å². The summed E-state index contributed by atoms with van der Waals surface area (Å²) in [6, 6.07) is 4.52. The van der Waals surface area contributed by atoms with E-state index < -0.39 is 8.07 Å². The molecule has 0 fully saturated rings. The van der Waals surface area contributed by atoms with Crippen LogP contribution in [0.4, 0.5) is 0 Å². The SMILES string of the molecule is COc1cc2c(=O)n(C)n(COCC[Si](C)(C)C)c2cc1Cl. The number of hydrogen-bond acceptors (Lipinski definition) is 3. The Bertz CT molecular complexity index is 731. The van der Waals surface area contributed by atoms with Crippen LogP contribution in [0.5, 0.6) is 5.75 Å². The Balaban J connectivity index is 2.28. The molecule has 0 aliphatic carbocycles. The fourth-order valence-corrected chi connectivity index (χ4v) is 3.21. The smallest absolute Gasteiger partial charge is 0.274 e. The largest absolute Gasteiger partial charge is 0.495 e. The van der Waals surface area contributed by atoms with Crippen molar-refractivity contribution in [2.45, 2.75) is 32.4 Å². The Morgan fingerprint density at radius 3 is 2.55 bits per heavy atom. The molecule has 2 rings (SSSR count). The van der Waals surface area contributed by atoms with E-state index in [1.807, 2.05) is 0 Å². The Hall–Kier alpha value is -1.24. The zero-order chi connectivity index (χ0) is 16.5. The zero-order valence-electron chi connectivity index (χ0n) is 13.8. The van der Waals surface area contributed by atoms with E-state index in [0.717, 1.165) is 11.6 Å². The average molecular weight is 343 g/mol. The predicted octanol–water partition coefficient (Wildman–Crippen LogP) is 3.31. The summed E-state index contributed by atoms with van der Waals surface area (Å²) >= 11 is 6.17. The van der Waals surface area contributed by atoms with Crippen LogP contribution in [0.3, 0.4) is 0 Å². The van der Waals surface area contributed by atoms with Gasteiger partial charge >= 0.3 is 0 Å². The first-order valence-corrected chi connectivity index (χ1v) is 11.3. The average Bonchev–Trinajstić information content (AvgIpc) is 2.65. The van der Waals surface area contributed by atoms with Crippen LogP contribution in [0.25, 0.3) is 10.9 Å². The predicted molar refractivity (Wildman–Crippen MR) is 92.8 cm³/mol. The number of hydrogen-bond donors (Lipinski definition) is 0. The molecule has 1 aromatic heterocycles. The molecular weight excluding hydrogens is 320 g/mol. The topological polar surface area (TPSA) is 45.4 Å². The minimum absolute atomic E-state index is 0.0845. The molecule has 0 aliphatic heterocycles. The standard InChI is InChI=1S/C15H23ClN2O3Si/c1-17-15(19)11-8-14(20-2)12(16)9-13(11)18(17)10-21-6-7-22(3,4)5/h8-9H,6-7,10H2,1-5H3. The summed E-state index contributed by atoms with van der Waals surface area (Å²) < 4.78 is 14.3. The third kappa shape index (κ3) is 3.56. The second-order valence-electron chi connectivity index (χ2n) is 6.58. The van der Waals surface area contributed by atoms with Gasteiger partial charge in [0.1, 0.15) is 12.5 Å². The Labute approximate surface area is 136 Å². The lowest BCUT2D eigenvalue weighted by Gasteiger charge is -2.16. The normalized spacial score (nSPS) is 12.1. The second kappa shape index (κ2) is 6.48. The fraction of sp³-hybridized carbons (Fsp3) is 0.533. The van der Waals surface area contributed by atoms with E-state index in [1.54, 1.807) is 28.5 Å². The lowest BCUT2D eigenvalue weighted by atomic mass is 10.2. The first-order chi connectivity index (χ1) is 10.2. The van der Waals surface area contributed by atoms with E-state index in [-0.39, 0.29) is 5.56 Å². The molecule has 0 atom stereocenters. The summed E-state index contributed by atoms with van der Waals surface area (Å²) in [5, 5.41) is 1.06. The molecule has 0 saturated heterocycles. The van der Waals surface area contributed by atoms with E-state index in [2.05, 4.69) is 19.6 Å². The van der Waals surface area contributed by atoms with Gasteiger partial charge in [-0.05, 0) is 18.2 Å². The van der Waals surface area contributed by atoms with Crippen molar-refractivity contribution in [3.05, 3.63) is 27.5 Å². The van der Waals surface area contributed by atoms with Crippen molar-refractivity contribution in [3.8, 4) is 5.75 Å². The van der Waals surface area contributed by atoms with Crippen LogP contribution in [0, 0.1) is 0 Å². The van der Waals surface area contributed by atoms with Crippen molar-refractivity contribution in [2.75, 3.05) is 13.7 Å². The molecule has 0 saturated carbocycles. The van der Waals surface area contributed by atoms with Crippen LogP contribution in [0.2, 0.25) is 30.7 Å². The van der Waals surface area contributed by atoms with Crippen LogP contribution >= 0.6 is 11.6 Å². The number of methoxy groups -OCH3 is 1.